The Labute approximate surface area is 89.4 Å². The number of carboxylic acids is 1. The number of hydrogen-bond acceptors (Lipinski definition) is 3. The largest absolute Gasteiger partial charge is 0.480 e. The summed E-state index contributed by atoms with van der Waals surface area (Å²) in [7, 11) is 0. The monoisotopic (exact) mass is 214 g/mol. The molecule has 1 saturated heterocycles. The van der Waals surface area contributed by atoms with Crippen LogP contribution in [-0.4, -0.2) is 47.6 Å². The highest BCUT2D eigenvalue weighted by molar-refractivity contribution is 5.86. The quantitative estimate of drug-likeness (QED) is 0.686. The molecule has 0 aromatic rings. The van der Waals surface area contributed by atoms with Gasteiger partial charge >= 0.3 is 5.97 Å². The van der Waals surface area contributed by atoms with E-state index in [9.17, 15) is 9.59 Å². The number of rotatable bonds is 4. The van der Waals surface area contributed by atoms with Gasteiger partial charge in [-0.15, -0.1) is 0 Å². The molecule has 0 spiro atoms. The highest BCUT2D eigenvalue weighted by Gasteiger charge is 2.29. The van der Waals surface area contributed by atoms with Crippen LogP contribution in [0.2, 0.25) is 0 Å². The Morgan fingerprint density at radius 3 is 2.87 bits per heavy atom. The Morgan fingerprint density at radius 1 is 1.67 bits per heavy atom. The molecule has 1 unspecified atom stereocenters. The fourth-order valence-electron chi connectivity index (χ4n) is 1.77. The summed E-state index contributed by atoms with van der Waals surface area (Å²) in [5, 5.41) is 11.8. The van der Waals surface area contributed by atoms with Gasteiger partial charge in [-0.05, 0) is 12.3 Å². The van der Waals surface area contributed by atoms with Crippen LogP contribution in [0.5, 0.6) is 0 Å². The molecule has 0 bridgehead atoms. The van der Waals surface area contributed by atoms with E-state index in [0.29, 0.717) is 19.0 Å². The molecule has 86 valence electrons. The molecular weight excluding hydrogens is 196 g/mol. The first-order chi connectivity index (χ1) is 7.00. The summed E-state index contributed by atoms with van der Waals surface area (Å²) in [6, 6.07) is -0.210. The second kappa shape index (κ2) is 5.11. The molecule has 0 aliphatic carbocycles. The summed E-state index contributed by atoms with van der Waals surface area (Å²) in [5.74, 6) is -0.609. The molecule has 1 aliphatic rings. The number of carbonyl (C=O) groups is 2. The first kappa shape index (κ1) is 12.0. The van der Waals surface area contributed by atoms with Gasteiger partial charge in [-0.2, -0.15) is 0 Å². The van der Waals surface area contributed by atoms with Crippen LogP contribution in [0.25, 0.3) is 0 Å². The summed E-state index contributed by atoms with van der Waals surface area (Å²) in [4.78, 5) is 23.7. The number of hydrogen-bond donors (Lipinski definition) is 2. The number of nitrogens with one attached hydrogen (secondary N) is 1. The maximum Gasteiger partial charge on any atom is 0.323 e. The van der Waals surface area contributed by atoms with Crippen molar-refractivity contribution in [1.82, 2.24) is 10.2 Å². The van der Waals surface area contributed by atoms with Crippen molar-refractivity contribution in [2.24, 2.45) is 5.92 Å². The SMILES string of the molecule is CC(C)CC1NCCN(CC(=O)O)C1=O. The van der Waals surface area contributed by atoms with E-state index in [1.165, 1.54) is 4.90 Å². The molecule has 2 N–H and O–H groups in total. The van der Waals surface area contributed by atoms with Gasteiger partial charge in [0.1, 0.15) is 6.54 Å². The topological polar surface area (TPSA) is 69.6 Å². The molecule has 1 atom stereocenters. The lowest BCUT2D eigenvalue weighted by atomic mass is 10.0. The lowest BCUT2D eigenvalue weighted by Crippen LogP contribution is -2.56. The van der Waals surface area contributed by atoms with Gasteiger partial charge in [0, 0.05) is 13.1 Å². The third kappa shape index (κ3) is 3.51. The van der Waals surface area contributed by atoms with Crippen LogP contribution in [-0.2, 0) is 9.59 Å². The summed E-state index contributed by atoms with van der Waals surface area (Å²) in [6.45, 7) is 5.07. The average molecular weight is 214 g/mol. The Morgan fingerprint density at radius 2 is 2.33 bits per heavy atom. The molecule has 0 radical (unpaired) electrons. The summed E-state index contributed by atoms with van der Waals surface area (Å²) in [5.41, 5.74) is 0. The number of piperazine rings is 1. The molecule has 1 fully saturated rings. The Bertz CT molecular complexity index is 253. The normalized spacial score (nSPS) is 22.2. The number of carbonyl (C=O) groups excluding carboxylic acids is 1. The van der Waals surface area contributed by atoms with Gasteiger partial charge in [0.15, 0.2) is 0 Å². The van der Waals surface area contributed by atoms with Crippen molar-refractivity contribution in [2.75, 3.05) is 19.6 Å². The van der Waals surface area contributed by atoms with E-state index in [-0.39, 0.29) is 18.5 Å². The van der Waals surface area contributed by atoms with Crippen molar-refractivity contribution < 1.29 is 14.7 Å². The average Bonchev–Trinajstić information content (AvgIpc) is 2.10. The highest BCUT2D eigenvalue weighted by atomic mass is 16.4. The van der Waals surface area contributed by atoms with Crippen molar-refractivity contribution in [3.63, 3.8) is 0 Å². The Kier molecular flexibility index (Phi) is 4.08. The molecule has 15 heavy (non-hydrogen) atoms. The highest BCUT2D eigenvalue weighted by Crippen LogP contribution is 2.10. The first-order valence-corrected chi connectivity index (χ1v) is 5.24. The van der Waals surface area contributed by atoms with Crippen molar-refractivity contribution in [2.45, 2.75) is 26.3 Å². The maximum atomic E-state index is 11.8. The lowest BCUT2D eigenvalue weighted by molar-refractivity contribution is -0.146. The second-order valence-corrected chi connectivity index (χ2v) is 4.29. The Balaban J connectivity index is 2.54. The van der Waals surface area contributed by atoms with Crippen LogP contribution in [0.1, 0.15) is 20.3 Å². The Hall–Kier alpha value is -1.10. The van der Waals surface area contributed by atoms with Crippen LogP contribution in [0.4, 0.5) is 0 Å². The van der Waals surface area contributed by atoms with Crippen molar-refractivity contribution in [3.8, 4) is 0 Å². The standard InChI is InChI=1S/C10H18N2O3/c1-7(2)5-8-10(15)12(4-3-11-8)6-9(13)14/h7-8,11H,3-6H2,1-2H3,(H,13,14). The van der Waals surface area contributed by atoms with Crippen molar-refractivity contribution in [1.29, 1.82) is 0 Å². The summed E-state index contributed by atoms with van der Waals surface area (Å²) < 4.78 is 0. The van der Waals surface area contributed by atoms with Crippen LogP contribution in [0.15, 0.2) is 0 Å². The molecule has 5 heteroatoms. The third-order valence-corrected chi connectivity index (χ3v) is 2.42. The third-order valence-electron chi connectivity index (χ3n) is 2.42. The van der Waals surface area contributed by atoms with E-state index in [2.05, 4.69) is 5.32 Å². The summed E-state index contributed by atoms with van der Waals surface area (Å²) >= 11 is 0. The van der Waals surface area contributed by atoms with E-state index in [1.807, 2.05) is 13.8 Å². The van der Waals surface area contributed by atoms with Gasteiger partial charge in [0.25, 0.3) is 0 Å². The van der Waals surface area contributed by atoms with Crippen LogP contribution in [0, 0.1) is 5.92 Å². The van der Waals surface area contributed by atoms with Gasteiger partial charge in [0.2, 0.25) is 5.91 Å². The minimum Gasteiger partial charge on any atom is -0.480 e. The second-order valence-electron chi connectivity index (χ2n) is 4.29. The molecule has 1 rings (SSSR count). The molecular formula is C10H18N2O3. The fraction of sp³-hybridized carbons (Fsp3) is 0.800. The molecule has 5 nitrogen and oxygen atoms in total. The van der Waals surface area contributed by atoms with Gasteiger partial charge < -0.3 is 15.3 Å². The predicted octanol–water partition coefficient (Wildman–Crippen LogP) is -0.0825. The molecule has 1 amide bonds. The zero-order chi connectivity index (χ0) is 11.4. The van der Waals surface area contributed by atoms with Crippen LogP contribution in [0.3, 0.4) is 0 Å². The maximum absolute atomic E-state index is 11.8. The number of nitrogens with zero attached hydrogens (tertiary/aromatic N) is 1. The van der Waals surface area contributed by atoms with Crippen LogP contribution < -0.4 is 5.32 Å². The molecule has 0 aromatic heterocycles. The van der Waals surface area contributed by atoms with Gasteiger partial charge in [0.05, 0.1) is 6.04 Å². The van der Waals surface area contributed by atoms with E-state index in [0.717, 1.165) is 6.42 Å². The minimum atomic E-state index is -0.950. The van der Waals surface area contributed by atoms with E-state index in [1.54, 1.807) is 0 Å². The minimum absolute atomic E-state index is 0.0858. The van der Waals surface area contributed by atoms with Gasteiger partial charge in [-0.3, -0.25) is 9.59 Å². The van der Waals surface area contributed by atoms with E-state index >= 15 is 0 Å². The number of aliphatic carboxylic acids is 1. The van der Waals surface area contributed by atoms with Gasteiger partial charge in [-0.1, -0.05) is 13.8 Å². The van der Waals surface area contributed by atoms with Crippen molar-refractivity contribution >= 4 is 11.9 Å². The predicted molar refractivity (Wildman–Crippen MR) is 55.5 cm³/mol. The fourth-order valence-corrected chi connectivity index (χ4v) is 1.77. The summed E-state index contributed by atoms with van der Waals surface area (Å²) in [6.07, 6.45) is 0.759. The molecule has 1 aliphatic heterocycles. The molecule has 0 aromatic carbocycles. The van der Waals surface area contributed by atoms with Crippen LogP contribution >= 0.6 is 0 Å². The first-order valence-electron chi connectivity index (χ1n) is 5.24. The van der Waals surface area contributed by atoms with Gasteiger partial charge in [-0.25, -0.2) is 0 Å². The van der Waals surface area contributed by atoms with E-state index in [4.69, 9.17) is 5.11 Å². The number of amides is 1. The zero-order valence-corrected chi connectivity index (χ0v) is 9.19. The molecule has 0 saturated carbocycles. The zero-order valence-electron chi connectivity index (χ0n) is 9.19. The van der Waals surface area contributed by atoms with E-state index < -0.39 is 5.97 Å². The lowest BCUT2D eigenvalue weighted by Gasteiger charge is -2.32. The number of carboxylic acid groups (broad SMARTS) is 1. The smallest absolute Gasteiger partial charge is 0.323 e. The molecule has 1 heterocycles. The van der Waals surface area contributed by atoms with Crippen molar-refractivity contribution in [3.05, 3.63) is 0 Å².